The number of esters is 1. The van der Waals surface area contributed by atoms with Crippen molar-refractivity contribution >= 4 is 16.9 Å². The second kappa shape index (κ2) is 10.1. The summed E-state index contributed by atoms with van der Waals surface area (Å²) < 4.78 is 11.5. The highest BCUT2D eigenvalue weighted by Gasteiger charge is 2.36. The number of ether oxygens (including phenoxy) is 2. The van der Waals surface area contributed by atoms with Crippen LogP contribution >= 0.6 is 0 Å². The second-order valence-electron chi connectivity index (χ2n) is 7.91. The van der Waals surface area contributed by atoms with Gasteiger partial charge in [-0.15, -0.1) is 0 Å². The molecule has 1 fully saturated rings. The van der Waals surface area contributed by atoms with Gasteiger partial charge in [0, 0.05) is 0 Å². The first-order chi connectivity index (χ1) is 15.2. The molecule has 0 aromatic heterocycles. The van der Waals surface area contributed by atoms with E-state index < -0.39 is 0 Å². The Morgan fingerprint density at radius 2 is 1.32 bits per heavy atom. The Morgan fingerprint density at radius 1 is 0.806 bits per heavy atom. The molecular formula is C27H29O3S+. The van der Waals surface area contributed by atoms with Gasteiger partial charge in [0.15, 0.2) is 21.3 Å². The molecule has 0 spiro atoms. The molecule has 3 aromatic rings. The predicted molar refractivity (Wildman–Crippen MR) is 125 cm³/mol. The maximum Gasteiger partial charge on any atom is 0.344 e. The van der Waals surface area contributed by atoms with Gasteiger partial charge in [0.25, 0.3) is 0 Å². The van der Waals surface area contributed by atoms with Crippen molar-refractivity contribution in [2.24, 2.45) is 0 Å². The highest BCUT2D eigenvalue weighted by molar-refractivity contribution is 7.97. The third-order valence-corrected chi connectivity index (χ3v) is 8.09. The van der Waals surface area contributed by atoms with Crippen molar-refractivity contribution in [1.29, 1.82) is 0 Å². The minimum Gasteiger partial charge on any atom is -0.482 e. The van der Waals surface area contributed by atoms with Crippen LogP contribution in [0.4, 0.5) is 0 Å². The van der Waals surface area contributed by atoms with Crippen molar-refractivity contribution in [3.05, 3.63) is 84.9 Å². The number of hydrogen-bond acceptors (Lipinski definition) is 3. The first-order valence-corrected chi connectivity index (χ1v) is 12.2. The van der Waals surface area contributed by atoms with Gasteiger partial charge in [-0.25, -0.2) is 4.79 Å². The Hall–Kier alpha value is -2.72. The van der Waals surface area contributed by atoms with Crippen molar-refractivity contribution in [1.82, 2.24) is 0 Å². The van der Waals surface area contributed by atoms with Gasteiger partial charge in [-0.3, -0.25) is 0 Å². The summed E-state index contributed by atoms with van der Waals surface area (Å²) in [4.78, 5) is 16.1. The molecule has 4 heteroatoms. The van der Waals surface area contributed by atoms with E-state index in [1.54, 1.807) is 0 Å². The van der Waals surface area contributed by atoms with Crippen LogP contribution in [0.5, 0.6) is 5.75 Å². The van der Waals surface area contributed by atoms with Crippen LogP contribution < -0.4 is 4.74 Å². The average molecular weight is 434 g/mol. The Morgan fingerprint density at radius 3 is 1.84 bits per heavy atom. The highest BCUT2D eigenvalue weighted by atomic mass is 32.2. The van der Waals surface area contributed by atoms with Crippen LogP contribution in [0.15, 0.2) is 99.6 Å². The summed E-state index contributed by atoms with van der Waals surface area (Å²) in [6, 6.07) is 29.1. The SMILES string of the molecule is CCC1(OC(=O)COc2ccc([S+](c3ccccc3)c3ccccc3)cc2)CCCC1. The Kier molecular flexibility index (Phi) is 6.98. The number of hydrogen-bond donors (Lipinski definition) is 0. The summed E-state index contributed by atoms with van der Waals surface area (Å²) in [7, 11) is -0.193. The van der Waals surface area contributed by atoms with Crippen LogP contribution in [-0.4, -0.2) is 18.2 Å². The molecule has 3 nitrogen and oxygen atoms in total. The van der Waals surface area contributed by atoms with Gasteiger partial charge in [0.05, 0.1) is 10.9 Å². The third kappa shape index (κ3) is 5.31. The fourth-order valence-corrected chi connectivity index (χ4v) is 6.24. The molecule has 0 aliphatic heterocycles. The number of rotatable bonds is 8. The highest BCUT2D eigenvalue weighted by Crippen LogP contribution is 2.36. The Labute approximate surface area is 187 Å². The molecule has 1 saturated carbocycles. The molecule has 0 radical (unpaired) electrons. The molecule has 0 atom stereocenters. The Bertz CT molecular complexity index is 925. The molecule has 0 amide bonds. The van der Waals surface area contributed by atoms with Crippen LogP contribution in [0.25, 0.3) is 0 Å². The van der Waals surface area contributed by atoms with Crippen molar-refractivity contribution in [2.45, 2.75) is 59.3 Å². The molecule has 31 heavy (non-hydrogen) atoms. The molecular weight excluding hydrogens is 404 g/mol. The van der Waals surface area contributed by atoms with Crippen molar-refractivity contribution < 1.29 is 14.3 Å². The van der Waals surface area contributed by atoms with E-state index in [9.17, 15) is 4.79 Å². The molecule has 4 rings (SSSR count). The monoisotopic (exact) mass is 433 g/mol. The topological polar surface area (TPSA) is 35.5 Å². The van der Waals surface area contributed by atoms with E-state index in [2.05, 4.69) is 67.6 Å². The summed E-state index contributed by atoms with van der Waals surface area (Å²) in [5.41, 5.74) is -0.274. The zero-order valence-electron chi connectivity index (χ0n) is 18.0. The lowest BCUT2D eigenvalue weighted by Crippen LogP contribution is -2.33. The summed E-state index contributed by atoms with van der Waals surface area (Å²) >= 11 is 0. The molecule has 1 aliphatic carbocycles. The summed E-state index contributed by atoms with van der Waals surface area (Å²) in [5.74, 6) is 0.406. The smallest absolute Gasteiger partial charge is 0.344 e. The first-order valence-electron chi connectivity index (χ1n) is 11.0. The average Bonchev–Trinajstić information content (AvgIpc) is 3.29. The maximum absolute atomic E-state index is 12.3. The minimum atomic E-state index is -0.277. The first kappa shape index (κ1) is 21.5. The van der Waals surface area contributed by atoms with E-state index >= 15 is 0 Å². The van der Waals surface area contributed by atoms with E-state index in [0.29, 0.717) is 5.75 Å². The Balaban J connectivity index is 1.44. The number of benzene rings is 3. The van der Waals surface area contributed by atoms with Gasteiger partial charge in [-0.2, -0.15) is 0 Å². The van der Waals surface area contributed by atoms with Crippen LogP contribution in [0.2, 0.25) is 0 Å². The van der Waals surface area contributed by atoms with Gasteiger partial charge in [-0.05, 0) is 80.6 Å². The van der Waals surface area contributed by atoms with Crippen LogP contribution in [0, 0.1) is 0 Å². The molecule has 1 aliphatic rings. The van der Waals surface area contributed by atoms with E-state index in [4.69, 9.17) is 9.47 Å². The molecule has 0 heterocycles. The van der Waals surface area contributed by atoms with Gasteiger partial charge in [0.1, 0.15) is 11.4 Å². The zero-order valence-corrected chi connectivity index (χ0v) is 18.8. The fourth-order valence-electron chi connectivity index (χ4n) is 4.15. The molecule has 0 saturated heterocycles. The van der Waals surface area contributed by atoms with Crippen LogP contribution in [0.1, 0.15) is 39.0 Å². The standard InChI is InChI=1S/C27H29O3S/c1-2-27(19-9-10-20-27)30-26(28)21-29-22-15-17-25(18-16-22)31(23-11-5-3-6-12-23)24-13-7-4-8-14-24/h3-8,11-18H,2,9-10,19-21H2,1H3/q+1. The summed E-state index contributed by atoms with van der Waals surface area (Å²) in [5, 5.41) is 0. The lowest BCUT2D eigenvalue weighted by atomic mass is 9.99. The van der Waals surface area contributed by atoms with Crippen molar-refractivity contribution in [3.63, 3.8) is 0 Å². The van der Waals surface area contributed by atoms with Gasteiger partial charge < -0.3 is 9.47 Å². The lowest BCUT2D eigenvalue weighted by molar-refractivity contribution is -0.162. The zero-order chi connectivity index (χ0) is 21.5. The van der Waals surface area contributed by atoms with Gasteiger partial charge in [-0.1, -0.05) is 43.3 Å². The summed E-state index contributed by atoms with van der Waals surface area (Å²) in [6.45, 7) is 2.04. The van der Waals surface area contributed by atoms with E-state index in [0.717, 1.165) is 32.1 Å². The second-order valence-corrected chi connectivity index (χ2v) is 9.94. The van der Waals surface area contributed by atoms with Crippen LogP contribution in [0.3, 0.4) is 0 Å². The number of carbonyl (C=O) groups excluding carboxylic acids is 1. The minimum absolute atomic E-state index is 0.0514. The molecule has 0 N–H and O–H groups in total. The van der Waals surface area contributed by atoms with Crippen molar-refractivity contribution in [2.75, 3.05) is 6.61 Å². The van der Waals surface area contributed by atoms with E-state index in [1.165, 1.54) is 14.7 Å². The van der Waals surface area contributed by atoms with E-state index in [-0.39, 0.29) is 29.1 Å². The molecule has 3 aromatic carbocycles. The van der Waals surface area contributed by atoms with Gasteiger partial charge >= 0.3 is 5.97 Å². The quantitative estimate of drug-likeness (QED) is 0.303. The normalized spacial score (nSPS) is 15.0. The molecule has 0 bridgehead atoms. The largest absolute Gasteiger partial charge is 0.482 e. The number of carbonyl (C=O) groups is 1. The summed E-state index contributed by atoms with van der Waals surface area (Å²) in [6.07, 6.45) is 5.06. The van der Waals surface area contributed by atoms with E-state index in [1.807, 2.05) is 24.3 Å². The predicted octanol–water partition coefficient (Wildman–Crippen LogP) is 6.43. The molecule has 0 unspecified atom stereocenters. The van der Waals surface area contributed by atoms with Crippen LogP contribution in [-0.2, 0) is 20.4 Å². The third-order valence-electron chi connectivity index (χ3n) is 5.86. The lowest BCUT2D eigenvalue weighted by Gasteiger charge is -2.27. The molecule has 160 valence electrons. The fraction of sp³-hybridized carbons (Fsp3) is 0.296. The maximum atomic E-state index is 12.3. The van der Waals surface area contributed by atoms with Crippen molar-refractivity contribution in [3.8, 4) is 5.75 Å². The van der Waals surface area contributed by atoms with Gasteiger partial charge in [0.2, 0.25) is 0 Å².